The predicted octanol–water partition coefficient (Wildman–Crippen LogP) is 5.66. The van der Waals surface area contributed by atoms with E-state index in [1.165, 1.54) is 16.9 Å². The predicted molar refractivity (Wildman–Crippen MR) is 98.3 cm³/mol. The standard InChI is InChI=1S/C21H22N2/c1-16(2)19-9-11-20(12-10-19)22-14-18-13-17(3)23(15-18)21-7-5-4-6-8-21/h4-16H,1-3H3. The maximum atomic E-state index is 4.59. The SMILES string of the molecule is Cc1cc(C=Nc2ccc(C(C)C)cc2)cn1-c1ccccc1. The Labute approximate surface area is 138 Å². The molecule has 0 N–H and O–H groups in total. The molecule has 0 unspecified atom stereocenters. The second kappa shape index (κ2) is 6.66. The Morgan fingerprint density at radius 3 is 2.30 bits per heavy atom. The molecule has 116 valence electrons. The summed E-state index contributed by atoms with van der Waals surface area (Å²) in [6.45, 7) is 6.52. The van der Waals surface area contributed by atoms with E-state index in [4.69, 9.17) is 0 Å². The van der Waals surface area contributed by atoms with Crippen molar-refractivity contribution in [1.82, 2.24) is 4.57 Å². The first kappa shape index (κ1) is 15.3. The van der Waals surface area contributed by atoms with Gasteiger partial charge >= 0.3 is 0 Å². The van der Waals surface area contributed by atoms with Gasteiger partial charge in [-0.3, -0.25) is 4.99 Å². The molecule has 0 atom stereocenters. The highest BCUT2D eigenvalue weighted by atomic mass is 15.0. The van der Waals surface area contributed by atoms with Crippen molar-refractivity contribution >= 4 is 11.9 Å². The van der Waals surface area contributed by atoms with Gasteiger partial charge in [0.15, 0.2) is 0 Å². The van der Waals surface area contributed by atoms with E-state index in [1.54, 1.807) is 0 Å². The average Bonchev–Trinajstić information content (AvgIpc) is 2.95. The highest BCUT2D eigenvalue weighted by molar-refractivity contribution is 5.82. The number of nitrogens with zero attached hydrogens (tertiary/aromatic N) is 2. The molecule has 2 nitrogen and oxygen atoms in total. The molecule has 23 heavy (non-hydrogen) atoms. The first-order chi connectivity index (χ1) is 11.1. The van der Waals surface area contributed by atoms with Crippen molar-refractivity contribution in [3.8, 4) is 5.69 Å². The smallest absolute Gasteiger partial charge is 0.0630 e. The monoisotopic (exact) mass is 302 g/mol. The van der Waals surface area contributed by atoms with Crippen LogP contribution in [0.5, 0.6) is 0 Å². The minimum absolute atomic E-state index is 0.551. The third-order valence-corrected chi connectivity index (χ3v) is 3.99. The van der Waals surface area contributed by atoms with Gasteiger partial charge in [-0.25, -0.2) is 0 Å². The summed E-state index contributed by atoms with van der Waals surface area (Å²) in [5, 5.41) is 0. The van der Waals surface area contributed by atoms with Gasteiger partial charge in [-0.05, 0) is 48.7 Å². The lowest BCUT2D eigenvalue weighted by molar-refractivity contribution is 0.867. The lowest BCUT2D eigenvalue weighted by Crippen LogP contribution is -1.93. The van der Waals surface area contributed by atoms with Gasteiger partial charge in [0.05, 0.1) is 5.69 Å². The van der Waals surface area contributed by atoms with E-state index in [9.17, 15) is 0 Å². The first-order valence-corrected chi connectivity index (χ1v) is 8.02. The second-order valence-electron chi connectivity index (χ2n) is 6.12. The average molecular weight is 302 g/mol. The molecular weight excluding hydrogens is 280 g/mol. The maximum Gasteiger partial charge on any atom is 0.0630 e. The number of para-hydroxylation sites is 1. The topological polar surface area (TPSA) is 17.3 Å². The van der Waals surface area contributed by atoms with Gasteiger partial charge in [-0.1, -0.05) is 44.2 Å². The molecule has 1 aromatic heterocycles. The van der Waals surface area contributed by atoms with E-state index in [2.05, 4.69) is 91.1 Å². The van der Waals surface area contributed by atoms with Crippen LogP contribution in [-0.4, -0.2) is 10.8 Å². The summed E-state index contributed by atoms with van der Waals surface area (Å²) in [6.07, 6.45) is 4.05. The fourth-order valence-electron chi connectivity index (χ4n) is 2.63. The Kier molecular flexibility index (Phi) is 4.42. The van der Waals surface area contributed by atoms with Gasteiger partial charge in [0.1, 0.15) is 0 Å². The summed E-state index contributed by atoms with van der Waals surface area (Å²) >= 11 is 0. The van der Waals surface area contributed by atoms with Crippen molar-refractivity contribution in [1.29, 1.82) is 0 Å². The van der Waals surface area contributed by atoms with Crippen molar-refractivity contribution in [3.05, 3.63) is 83.7 Å². The molecule has 0 aliphatic heterocycles. The van der Waals surface area contributed by atoms with Gasteiger partial charge in [-0.15, -0.1) is 0 Å². The molecule has 0 spiro atoms. The zero-order chi connectivity index (χ0) is 16.2. The van der Waals surface area contributed by atoms with Crippen LogP contribution in [0.1, 0.15) is 36.6 Å². The maximum absolute atomic E-state index is 4.59. The molecule has 1 heterocycles. The highest BCUT2D eigenvalue weighted by Crippen LogP contribution is 2.19. The van der Waals surface area contributed by atoms with Crippen LogP contribution in [0.15, 0.2) is 71.9 Å². The van der Waals surface area contributed by atoms with E-state index >= 15 is 0 Å². The van der Waals surface area contributed by atoms with Crippen molar-refractivity contribution in [2.24, 2.45) is 4.99 Å². The van der Waals surface area contributed by atoms with E-state index in [1.807, 2.05) is 12.3 Å². The molecule has 0 aliphatic carbocycles. The van der Waals surface area contributed by atoms with Gasteiger partial charge < -0.3 is 4.57 Å². The van der Waals surface area contributed by atoms with Crippen LogP contribution in [0, 0.1) is 6.92 Å². The minimum atomic E-state index is 0.551. The van der Waals surface area contributed by atoms with Gasteiger partial charge in [0.2, 0.25) is 0 Å². The molecule has 0 saturated heterocycles. The number of aryl methyl sites for hydroxylation is 1. The molecule has 3 aromatic rings. The zero-order valence-corrected chi connectivity index (χ0v) is 13.9. The first-order valence-electron chi connectivity index (χ1n) is 8.02. The summed E-state index contributed by atoms with van der Waals surface area (Å²) < 4.78 is 2.18. The van der Waals surface area contributed by atoms with Crippen molar-refractivity contribution < 1.29 is 0 Å². The van der Waals surface area contributed by atoms with Crippen LogP contribution in [0.25, 0.3) is 5.69 Å². The van der Waals surface area contributed by atoms with Crippen molar-refractivity contribution in [2.75, 3.05) is 0 Å². The molecule has 0 fully saturated rings. The number of hydrogen-bond acceptors (Lipinski definition) is 1. The number of aromatic nitrogens is 1. The van der Waals surface area contributed by atoms with E-state index in [0.717, 1.165) is 11.3 Å². The second-order valence-corrected chi connectivity index (χ2v) is 6.12. The normalized spacial score (nSPS) is 11.5. The molecule has 3 rings (SSSR count). The summed E-state index contributed by atoms with van der Waals surface area (Å²) in [5.74, 6) is 0.551. The Morgan fingerprint density at radius 1 is 0.957 bits per heavy atom. The Morgan fingerprint density at radius 2 is 1.65 bits per heavy atom. The summed E-state index contributed by atoms with van der Waals surface area (Å²) in [7, 11) is 0. The van der Waals surface area contributed by atoms with Gasteiger partial charge in [0, 0.05) is 29.4 Å². The van der Waals surface area contributed by atoms with E-state index in [-0.39, 0.29) is 0 Å². The lowest BCUT2D eigenvalue weighted by atomic mass is 10.0. The highest BCUT2D eigenvalue weighted by Gasteiger charge is 2.02. The fraction of sp³-hybridized carbons (Fsp3) is 0.190. The molecular formula is C21H22N2. The summed E-state index contributed by atoms with van der Waals surface area (Å²) in [5.41, 5.74) is 5.81. The van der Waals surface area contributed by atoms with Crippen LogP contribution < -0.4 is 0 Å². The number of hydrogen-bond donors (Lipinski definition) is 0. The molecule has 2 aromatic carbocycles. The number of aliphatic imine (C=N–C) groups is 1. The van der Waals surface area contributed by atoms with Crippen molar-refractivity contribution in [3.63, 3.8) is 0 Å². The Balaban J connectivity index is 1.80. The van der Waals surface area contributed by atoms with Gasteiger partial charge in [0.25, 0.3) is 0 Å². The third kappa shape index (κ3) is 3.59. The molecule has 0 bridgehead atoms. The van der Waals surface area contributed by atoms with Crippen LogP contribution in [0.4, 0.5) is 5.69 Å². The lowest BCUT2D eigenvalue weighted by Gasteiger charge is -2.04. The largest absolute Gasteiger partial charge is 0.321 e. The van der Waals surface area contributed by atoms with Crippen LogP contribution in [-0.2, 0) is 0 Å². The van der Waals surface area contributed by atoms with E-state index < -0.39 is 0 Å². The number of rotatable bonds is 4. The molecule has 0 saturated carbocycles. The molecule has 2 heteroatoms. The van der Waals surface area contributed by atoms with E-state index in [0.29, 0.717) is 5.92 Å². The minimum Gasteiger partial charge on any atom is -0.321 e. The van der Waals surface area contributed by atoms with Crippen molar-refractivity contribution in [2.45, 2.75) is 26.7 Å². The summed E-state index contributed by atoms with van der Waals surface area (Å²) in [4.78, 5) is 4.59. The van der Waals surface area contributed by atoms with Crippen LogP contribution >= 0.6 is 0 Å². The quantitative estimate of drug-likeness (QED) is 0.553. The fourth-order valence-corrected chi connectivity index (χ4v) is 2.63. The molecule has 0 radical (unpaired) electrons. The third-order valence-electron chi connectivity index (χ3n) is 3.99. The number of benzene rings is 2. The van der Waals surface area contributed by atoms with Crippen LogP contribution in [0.3, 0.4) is 0 Å². The van der Waals surface area contributed by atoms with Gasteiger partial charge in [-0.2, -0.15) is 0 Å². The Hall–Kier alpha value is -2.61. The van der Waals surface area contributed by atoms with Crippen LogP contribution in [0.2, 0.25) is 0 Å². The molecule has 0 aliphatic rings. The Bertz CT molecular complexity index is 794. The zero-order valence-electron chi connectivity index (χ0n) is 13.9. The molecule has 0 amide bonds. The summed E-state index contributed by atoms with van der Waals surface area (Å²) in [6, 6.07) is 21.0.